The van der Waals surface area contributed by atoms with E-state index in [0.29, 0.717) is 0 Å². The second kappa shape index (κ2) is 12.8. The fourth-order valence-corrected chi connectivity index (χ4v) is 5.85. The van der Waals surface area contributed by atoms with Crippen LogP contribution in [0.5, 0.6) is 0 Å². The summed E-state index contributed by atoms with van der Waals surface area (Å²) in [4.78, 5) is 44.2. The summed E-state index contributed by atoms with van der Waals surface area (Å²) < 4.78 is 83.6. The quantitative estimate of drug-likeness (QED) is 0.0484. The molecule has 2 aromatic carbocycles. The number of hydrogen-bond donors (Lipinski definition) is 8. The predicted molar refractivity (Wildman–Crippen MR) is 168 cm³/mol. The molecule has 0 bridgehead atoms. The Balaban J connectivity index is 1.23. The second-order valence-corrected chi connectivity index (χ2v) is 11.9. The van der Waals surface area contributed by atoms with E-state index in [0.717, 1.165) is 58.2 Å². The number of fused-ring (bicyclic) bond motifs is 2. The summed E-state index contributed by atoms with van der Waals surface area (Å²) in [6, 6.07) is 8.74. The van der Waals surface area contributed by atoms with E-state index in [9.17, 15) is 34.6 Å². The van der Waals surface area contributed by atoms with Crippen LogP contribution in [0.25, 0.3) is 22.3 Å². The zero-order valence-electron chi connectivity index (χ0n) is 25.8. The van der Waals surface area contributed by atoms with Crippen molar-refractivity contribution in [2.45, 2.75) is 36.9 Å². The largest absolute Gasteiger partial charge is 0.710 e. The van der Waals surface area contributed by atoms with Crippen molar-refractivity contribution in [2.75, 3.05) is 11.5 Å². The lowest BCUT2D eigenvalue weighted by Gasteiger charge is -2.30. The molecule has 0 atom stereocenters. The van der Waals surface area contributed by atoms with Gasteiger partial charge >= 0.3 is 20.5 Å². The van der Waals surface area contributed by atoms with E-state index in [1.54, 1.807) is 0 Å². The third-order valence-corrected chi connectivity index (χ3v) is 8.40. The summed E-state index contributed by atoms with van der Waals surface area (Å²) in [6.07, 6.45) is -8.57. The number of alkyl halides is 4. The number of anilines is 2. The number of aromatic amines is 2. The van der Waals surface area contributed by atoms with Crippen LogP contribution in [0.15, 0.2) is 70.8 Å². The highest BCUT2D eigenvalue weighted by Gasteiger charge is 2.67. The number of hydrogen-bond acceptors (Lipinski definition) is 15. The summed E-state index contributed by atoms with van der Waals surface area (Å²) in [7, 11) is -4.77. The Morgan fingerprint density at radius 2 is 1.06 bits per heavy atom. The van der Waals surface area contributed by atoms with Crippen LogP contribution in [-0.4, -0.2) is 71.7 Å². The van der Waals surface area contributed by atoms with Crippen molar-refractivity contribution in [3.63, 3.8) is 0 Å². The molecule has 0 saturated heterocycles. The molecule has 6 aromatic rings. The highest BCUT2D eigenvalue weighted by atomic mass is 31.1. The summed E-state index contributed by atoms with van der Waals surface area (Å²) in [5, 5.41) is 42.5. The number of H-pyrrole nitrogens is 2. The Morgan fingerprint density at radius 3 is 1.44 bits per heavy atom. The molecule has 0 fully saturated rings. The Kier molecular flexibility index (Phi) is 8.91. The summed E-state index contributed by atoms with van der Waals surface area (Å²) in [5.74, 6) is -9.39. The molecule has 0 spiro atoms. The maximum Gasteiger partial charge on any atom is 0.710 e. The van der Waals surface area contributed by atoms with Crippen molar-refractivity contribution >= 4 is 42.5 Å². The lowest BCUT2D eigenvalue weighted by Crippen LogP contribution is -2.49. The predicted octanol–water partition coefficient (Wildman–Crippen LogP) is 0.665. The average Bonchev–Trinajstić information content (AvgIpc) is 3.64. The third kappa shape index (κ3) is 6.36. The van der Waals surface area contributed by atoms with E-state index in [4.69, 9.17) is 11.5 Å². The molecule has 10 N–H and O–H groups in total. The molecule has 0 saturated carbocycles. The number of aliphatic hydroxyl groups is 4. The van der Waals surface area contributed by atoms with E-state index in [2.05, 4.69) is 39.0 Å². The highest BCUT2D eigenvalue weighted by Crippen LogP contribution is 2.50. The monoisotopic (exact) mass is 751 g/mol. The van der Waals surface area contributed by atoms with Gasteiger partial charge in [-0.15, -0.1) is 0 Å². The first kappa shape index (κ1) is 36.1. The van der Waals surface area contributed by atoms with Crippen LogP contribution in [0.3, 0.4) is 0 Å². The summed E-state index contributed by atoms with van der Waals surface area (Å²) in [5.41, 5.74) is 6.61. The number of nitrogen functional groups attached to an aromatic ring is 2. The van der Waals surface area contributed by atoms with Crippen LogP contribution in [0.1, 0.15) is 22.3 Å². The lowest BCUT2D eigenvalue weighted by molar-refractivity contribution is -0.394. The number of aromatic nitrogens is 8. The molecule has 4 aromatic heterocycles. The van der Waals surface area contributed by atoms with Crippen LogP contribution in [0, 0.1) is 0 Å². The van der Waals surface area contributed by atoms with E-state index in [1.165, 1.54) is 12.1 Å². The first-order valence-electron chi connectivity index (χ1n) is 14.4. The first-order chi connectivity index (χ1) is 24.3. The molecule has 19 nitrogen and oxygen atoms in total. The Labute approximate surface area is 285 Å². The van der Waals surface area contributed by atoms with Crippen LogP contribution >= 0.6 is 8.25 Å². The molecule has 0 radical (unpaired) electrons. The van der Waals surface area contributed by atoms with Gasteiger partial charge in [-0.05, 0) is 20.2 Å². The molecular weight excluding hydrogens is 727 g/mol. The molecule has 24 heteroatoms. The van der Waals surface area contributed by atoms with E-state index in [-0.39, 0.29) is 45.4 Å². The number of halogens is 4. The van der Waals surface area contributed by atoms with Gasteiger partial charge < -0.3 is 41.0 Å². The molecule has 52 heavy (non-hydrogen) atoms. The van der Waals surface area contributed by atoms with Crippen LogP contribution < -0.4 is 22.6 Å². The molecular formula is C28H24F4N10O9P+. The van der Waals surface area contributed by atoms with Gasteiger partial charge in [0.1, 0.15) is 0 Å². The standard InChI is InChI=1S/C28H23F4N10O9P/c29-27(30,25(45,46)15-7-3-1-5-13(15)9-41-11-35-17-19(41)37-23(33)39-21(17)43)50-52(49)51-28(31,32)26(47,48)16-8-4-2-6-14(16)10-42-12-36-18-20(42)38-24(34)40-22(18)44/h1-8,11-12,45-48H,9-10H2,(H5-,33,34,37,38,39,40,43,44)/p+1. The van der Waals surface area contributed by atoms with Crippen molar-refractivity contribution in [3.05, 3.63) is 104 Å². The van der Waals surface area contributed by atoms with Gasteiger partial charge in [-0.1, -0.05) is 48.5 Å². The molecule has 4 heterocycles. The van der Waals surface area contributed by atoms with Gasteiger partial charge in [0.05, 0.1) is 25.7 Å². The minimum absolute atomic E-state index is 0.104. The van der Waals surface area contributed by atoms with E-state index in [1.807, 2.05) is 0 Å². The molecule has 6 rings (SSSR count). The van der Waals surface area contributed by atoms with Crippen LogP contribution in [-0.2, 0) is 38.3 Å². The van der Waals surface area contributed by atoms with Crippen molar-refractivity contribution in [2.24, 2.45) is 0 Å². The number of benzene rings is 2. The topological polar surface area (TPSA) is 296 Å². The summed E-state index contributed by atoms with van der Waals surface area (Å²) >= 11 is 0. The highest BCUT2D eigenvalue weighted by molar-refractivity contribution is 7.33. The maximum absolute atomic E-state index is 15.3. The van der Waals surface area contributed by atoms with Crippen molar-refractivity contribution < 1.29 is 51.6 Å². The van der Waals surface area contributed by atoms with Gasteiger partial charge in [-0.2, -0.15) is 27.5 Å². The lowest BCUT2D eigenvalue weighted by atomic mass is 9.98. The fourth-order valence-electron chi connectivity index (χ4n) is 5.18. The number of nitrogens with zero attached hydrogens (tertiary/aromatic N) is 6. The van der Waals surface area contributed by atoms with Crippen molar-refractivity contribution in [3.8, 4) is 0 Å². The van der Waals surface area contributed by atoms with E-state index >= 15 is 17.6 Å². The van der Waals surface area contributed by atoms with Crippen molar-refractivity contribution in [1.29, 1.82) is 0 Å². The normalized spacial score (nSPS) is 12.9. The zero-order chi connectivity index (χ0) is 37.8. The second-order valence-electron chi connectivity index (χ2n) is 11.1. The Hall–Kier alpha value is -5.68. The number of nitrogens with two attached hydrogens (primary N) is 2. The molecule has 0 amide bonds. The minimum atomic E-state index is -5.37. The average molecular weight is 752 g/mol. The van der Waals surface area contributed by atoms with Gasteiger partial charge in [-0.3, -0.25) is 19.6 Å². The SMILES string of the molecule is Nc1nc2c(ncn2Cc2ccccc2C(O)(O)C(F)(F)O[P+](=O)OC(F)(F)C(O)(O)c2ccccc2Cn2cnc3c(=O)[nH]c(N)nc32)c(=O)[nH]1. The zero-order valence-corrected chi connectivity index (χ0v) is 26.7. The molecule has 0 aliphatic heterocycles. The number of imidazole rings is 2. The van der Waals surface area contributed by atoms with Gasteiger partial charge in [0.2, 0.25) is 11.9 Å². The van der Waals surface area contributed by atoms with Gasteiger partial charge in [0, 0.05) is 15.7 Å². The molecule has 272 valence electrons. The van der Waals surface area contributed by atoms with E-state index < -0.39 is 67.4 Å². The van der Waals surface area contributed by atoms with Crippen LogP contribution in [0.2, 0.25) is 0 Å². The number of nitrogens with one attached hydrogen (secondary N) is 2. The van der Waals surface area contributed by atoms with Gasteiger partial charge in [0.25, 0.3) is 22.7 Å². The van der Waals surface area contributed by atoms with Crippen LogP contribution in [0.4, 0.5) is 29.5 Å². The fraction of sp³-hybridized carbons (Fsp3) is 0.214. The third-order valence-electron chi connectivity index (χ3n) is 7.64. The minimum Gasteiger partial charge on any atom is -0.369 e. The van der Waals surface area contributed by atoms with Crippen molar-refractivity contribution in [1.82, 2.24) is 39.0 Å². The Morgan fingerprint density at radius 1 is 0.692 bits per heavy atom. The number of rotatable bonds is 12. The molecule has 0 unspecified atom stereocenters. The summed E-state index contributed by atoms with van der Waals surface area (Å²) in [6.45, 7) is -0.956. The Bertz CT molecular complexity index is 2300. The van der Waals surface area contributed by atoms with Gasteiger partial charge in [0.15, 0.2) is 22.3 Å². The molecule has 0 aliphatic rings. The van der Waals surface area contributed by atoms with Gasteiger partial charge in [-0.25, -0.2) is 9.97 Å². The molecule has 0 aliphatic carbocycles. The first-order valence-corrected chi connectivity index (χ1v) is 15.5. The smallest absolute Gasteiger partial charge is 0.369 e. The maximum atomic E-state index is 15.3.